The lowest BCUT2D eigenvalue weighted by atomic mass is 9.86. The zero-order valence-corrected chi connectivity index (χ0v) is 8.34. The van der Waals surface area contributed by atoms with Crippen LogP contribution in [0.5, 0.6) is 0 Å². The van der Waals surface area contributed by atoms with Gasteiger partial charge in [0.25, 0.3) is 0 Å². The Labute approximate surface area is 89.2 Å². The van der Waals surface area contributed by atoms with Crippen LogP contribution in [0, 0.1) is 5.92 Å². The quantitative estimate of drug-likeness (QED) is 0.722. The number of allylic oxidation sites excluding steroid dienone is 2. The summed E-state index contributed by atoms with van der Waals surface area (Å²) in [7, 11) is -1.70. The van der Waals surface area contributed by atoms with Gasteiger partial charge < -0.3 is 14.7 Å². The fraction of sp³-hybridized carbons (Fsp3) is 0.273. The molecule has 1 aliphatic rings. The molecular weight excluding hydrogens is 191 g/mol. The lowest BCUT2D eigenvalue weighted by Crippen LogP contribution is -2.25. The fourth-order valence-corrected chi connectivity index (χ4v) is 1.73. The molecule has 78 valence electrons. The fourth-order valence-electron chi connectivity index (χ4n) is 1.73. The molecule has 1 unspecified atom stereocenters. The van der Waals surface area contributed by atoms with E-state index in [2.05, 4.69) is 12.1 Å². The molecule has 15 heavy (non-hydrogen) atoms. The van der Waals surface area contributed by atoms with Crippen LogP contribution in [-0.4, -0.2) is 17.4 Å². The normalized spacial score (nSPS) is 19.1. The van der Waals surface area contributed by atoms with Crippen molar-refractivity contribution in [1.29, 1.82) is 0 Å². The van der Waals surface area contributed by atoms with E-state index in [0.29, 0.717) is 5.76 Å². The molecule has 4 heteroatoms. The molecule has 0 aromatic heterocycles. The van der Waals surface area contributed by atoms with Gasteiger partial charge in [-0.15, -0.1) is 0 Å². The zero-order valence-electron chi connectivity index (χ0n) is 8.34. The van der Waals surface area contributed by atoms with Crippen molar-refractivity contribution in [2.24, 2.45) is 5.92 Å². The molecule has 0 spiro atoms. The molecule has 0 amide bonds. The number of rotatable bonds is 4. The van der Waals surface area contributed by atoms with Gasteiger partial charge in [0.1, 0.15) is 0 Å². The zero-order chi connectivity index (χ0) is 10.7. The molecule has 1 atom stereocenters. The lowest BCUT2D eigenvalue weighted by Gasteiger charge is -2.27. The molecule has 0 bridgehead atoms. The van der Waals surface area contributed by atoms with E-state index in [0.717, 1.165) is 12.8 Å². The van der Waals surface area contributed by atoms with Gasteiger partial charge in [0.05, 0.1) is 5.76 Å². The first-order chi connectivity index (χ1) is 7.25. The first-order valence-corrected chi connectivity index (χ1v) is 5.02. The number of hydrogen-bond acceptors (Lipinski definition) is 3. The topological polar surface area (TPSA) is 49.7 Å². The SMILES string of the molecule is OB(O)OC1=CCC1Cc1ccccc1. The molecule has 1 aromatic rings. The van der Waals surface area contributed by atoms with Crippen molar-refractivity contribution in [3.8, 4) is 0 Å². The van der Waals surface area contributed by atoms with Gasteiger partial charge in [0.2, 0.25) is 0 Å². The minimum atomic E-state index is -1.70. The summed E-state index contributed by atoms with van der Waals surface area (Å²) in [5.74, 6) is 0.975. The minimum absolute atomic E-state index is 0.286. The van der Waals surface area contributed by atoms with Gasteiger partial charge in [-0.05, 0) is 24.5 Å². The van der Waals surface area contributed by atoms with E-state index in [-0.39, 0.29) is 5.92 Å². The van der Waals surface area contributed by atoms with Gasteiger partial charge in [-0.3, -0.25) is 0 Å². The summed E-state index contributed by atoms with van der Waals surface area (Å²) < 4.78 is 4.84. The van der Waals surface area contributed by atoms with E-state index in [1.54, 1.807) is 0 Å². The monoisotopic (exact) mass is 204 g/mol. The van der Waals surface area contributed by atoms with E-state index in [1.807, 2.05) is 24.3 Å². The summed E-state index contributed by atoms with van der Waals surface area (Å²) >= 11 is 0. The first kappa shape index (κ1) is 10.3. The molecule has 0 radical (unpaired) electrons. The highest BCUT2D eigenvalue weighted by atomic mass is 16.6. The van der Waals surface area contributed by atoms with Crippen molar-refractivity contribution in [3.05, 3.63) is 47.7 Å². The Hall–Kier alpha value is -1.26. The Bertz CT molecular complexity index is 348. The summed E-state index contributed by atoms with van der Waals surface area (Å²) in [4.78, 5) is 0. The van der Waals surface area contributed by atoms with Crippen LogP contribution in [0.25, 0.3) is 0 Å². The number of hydrogen-bond donors (Lipinski definition) is 2. The van der Waals surface area contributed by atoms with Crippen molar-refractivity contribution in [2.45, 2.75) is 12.8 Å². The van der Waals surface area contributed by atoms with E-state index >= 15 is 0 Å². The van der Waals surface area contributed by atoms with E-state index in [4.69, 9.17) is 14.7 Å². The van der Waals surface area contributed by atoms with E-state index in [9.17, 15) is 0 Å². The molecule has 3 nitrogen and oxygen atoms in total. The van der Waals surface area contributed by atoms with Gasteiger partial charge in [0, 0.05) is 5.92 Å². The molecule has 1 aromatic carbocycles. The van der Waals surface area contributed by atoms with Crippen LogP contribution in [-0.2, 0) is 11.1 Å². The molecule has 0 saturated heterocycles. The van der Waals surface area contributed by atoms with Crippen LogP contribution in [0.4, 0.5) is 0 Å². The van der Waals surface area contributed by atoms with E-state index in [1.165, 1.54) is 5.56 Å². The van der Waals surface area contributed by atoms with Crippen molar-refractivity contribution < 1.29 is 14.7 Å². The average molecular weight is 204 g/mol. The predicted molar refractivity (Wildman–Crippen MR) is 57.6 cm³/mol. The molecule has 0 saturated carbocycles. The highest BCUT2D eigenvalue weighted by Crippen LogP contribution is 2.31. The van der Waals surface area contributed by atoms with Crippen LogP contribution in [0.3, 0.4) is 0 Å². The van der Waals surface area contributed by atoms with Crippen LogP contribution in [0.1, 0.15) is 12.0 Å². The molecule has 0 heterocycles. The standard InChI is InChI=1S/C11H13BO3/c13-12(14)15-11-7-6-10(11)8-9-4-2-1-3-5-9/h1-5,7,10,13-14H,6,8H2. The maximum absolute atomic E-state index is 8.66. The summed E-state index contributed by atoms with van der Waals surface area (Å²) in [6, 6.07) is 10.1. The van der Waals surface area contributed by atoms with Gasteiger partial charge in [-0.1, -0.05) is 30.3 Å². The van der Waals surface area contributed by atoms with Crippen LogP contribution < -0.4 is 0 Å². The van der Waals surface area contributed by atoms with E-state index < -0.39 is 7.32 Å². The maximum Gasteiger partial charge on any atom is 0.707 e. The maximum atomic E-state index is 8.66. The van der Waals surface area contributed by atoms with Crippen LogP contribution in [0.2, 0.25) is 0 Å². The smallest absolute Gasteiger partial charge is 0.516 e. The minimum Gasteiger partial charge on any atom is -0.516 e. The Balaban J connectivity index is 1.90. The van der Waals surface area contributed by atoms with Gasteiger partial charge >= 0.3 is 7.32 Å². The van der Waals surface area contributed by atoms with Crippen molar-refractivity contribution in [3.63, 3.8) is 0 Å². The van der Waals surface area contributed by atoms with Crippen molar-refractivity contribution in [1.82, 2.24) is 0 Å². The molecule has 0 aliphatic heterocycles. The Kier molecular flexibility index (Phi) is 3.09. The second-order valence-electron chi connectivity index (χ2n) is 3.67. The van der Waals surface area contributed by atoms with Crippen LogP contribution >= 0.6 is 0 Å². The Morgan fingerprint density at radius 1 is 1.27 bits per heavy atom. The number of benzene rings is 1. The largest absolute Gasteiger partial charge is 0.707 e. The van der Waals surface area contributed by atoms with Crippen LogP contribution in [0.15, 0.2) is 42.2 Å². The summed E-state index contributed by atoms with van der Waals surface area (Å²) in [6.45, 7) is 0. The third-order valence-corrected chi connectivity index (χ3v) is 2.57. The lowest BCUT2D eigenvalue weighted by molar-refractivity contribution is 0.198. The Morgan fingerprint density at radius 3 is 2.53 bits per heavy atom. The molecular formula is C11H13BO3. The predicted octanol–water partition coefficient (Wildman–Crippen LogP) is 1.12. The highest BCUT2D eigenvalue weighted by molar-refractivity contribution is 6.33. The first-order valence-electron chi connectivity index (χ1n) is 5.02. The van der Waals surface area contributed by atoms with Crippen molar-refractivity contribution in [2.75, 3.05) is 0 Å². The second kappa shape index (κ2) is 4.51. The highest BCUT2D eigenvalue weighted by Gasteiger charge is 2.26. The Morgan fingerprint density at radius 2 is 2.00 bits per heavy atom. The molecule has 0 fully saturated rings. The molecule has 2 N–H and O–H groups in total. The summed E-state index contributed by atoms with van der Waals surface area (Å²) in [6.07, 6.45) is 3.71. The van der Waals surface area contributed by atoms with Crippen molar-refractivity contribution >= 4 is 7.32 Å². The average Bonchev–Trinajstić information content (AvgIpc) is 2.23. The van der Waals surface area contributed by atoms with Gasteiger partial charge in [-0.25, -0.2) is 0 Å². The molecule has 1 aliphatic carbocycles. The second-order valence-corrected chi connectivity index (χ2v) is 3.67. The summed E-state index contributed by atoms with van der Waals surface area (Å²) in [5.41, 5.74) is 1.24. The van der Waals surface area contributed by atoms with Gasteiger partial charge in [-0.2, -0.15) is 0 Å². The molecule has 2 rings (SSSR count). The third kappa shape index (κ3) is 2.61. The third-order valence-electron chi connectivity index (χ3n) is 2.57. The van der Waals surface area contributed by atoms with Gasteiger partial charge in [0.15, 0.2) is 0 Å². The summed E-state index contributed by atoms with van der Waals surface area (Å²) in [5, 5.41) is 17.3.